The van der Waals surface area contributed by atoms with Crippen molar-refractivity contribution in [3.63, 3.8) is 0 Å². The predicted octanol–water partition coefficient (Wildman–Crippen LogP) is 11.1. The summed E-state index contributed by atoms with van der Waals surface area (Å²) < 4.78 is 2.91. The van der Waals surface area contributed by atoms with E-state index in [-0.39, 0.29) is 0 Å². The number of hydrogen-bond donors (Lipinski definition) is 0. The van der Waals surface area contributed by atoms with Crippen molar-refractivity contribution in [1.82, 2.24) is 0 Å². The molecule has 0 nitrogen and oxygen atoms in total. The van der Waals surface area contributed by atoms with Gasteiger partial charge in [-0.3, -0.25) is 0 Å². The monoisotopic (exact) mass is 634 g/mol. The molecule has 0 spiro atoms. The van der Waals surface area contributed by atoms with E-state index in [0.29, 0.717) is 0 Å². The molecule has 0 N–H and O–H groups in total. The summed E-state index contributed by atoms with van der Waals surface area (Å²) in [5.41, 5.74) is 2.95. The fraction of sp³-hybridized carbons (Fsp3) is 0.600. The lowest BCUT2D eigenvalue weighted by Gasteiger charge is -2.09. The average Bonchev–Trinajstić information content (AvgIpc) is 3.43. The topological polar surface area (TPSA) is 0 Å². The van der Waals surface area contributed by atoms with Gasteiger partial charge in [0.25, 0.3) is 0 Å². The summed E-state index contributed by atoms with van der Waals surface area (Å²) in [6.45, 7) is 11.3. The van der Waals surface area contributed by atoms with Crippen molar-refractivity contribution in [1.29, 1.82) is 0 Å². The lowest BCUT2D eigenvalue weighted by Crippen LogP contribution is -2.37. The van der Waals surface area contributed by atoms with Crippen molar-refractivity contribution in [2.75, 3.05) is 0 Å². The van der Waals surface area contributed by atoms with Crippen LogP contribution in [0.4, 0.5) is 0 Å². The smallest absolute Gasteiger partial charge is 0.0366 e. The molecule has 0 saturated heterocycles. The normalized spacial score (nSPS) is 14.0. The van der Waals surface area contributed by atoms with Gasteiger partial charge in [-0.05, 0) is 95.1 Å². The molecule has 0 amide bonds. The fourth-order valence-electron chi connectivity index (χ4n) is 6.41. The van der Waals surface area contributed by atoms with Crippen molar-refractivity contribution >= 4 is 58.7 Å². The first-order valence-electron chi connectivity index (χ1n) is 17.8. The molecule has 2 aromatic rings. The Morgan fingerprint density at radius 1 is 0.698 bits per heavy atom. The summed E-state index contributed by atoms with van der Waals surface area (Å²) in [4.78, 5) is 5.90. The molecule has 2 aliphatic carbocycles. The Hall–Kier alpha value is -1.29. The number of fused-ring (bicyclic) bond motifs is 4. The van der Waals surface area contributed by atoms with Gasteiger partial charge in [-0.1, -0.05) is 141 Å². The molecule has 4 rings (SSSR count). The van der Waals surface area contributed by atoms with Gasteiger partial charge >= 0.3 is 0 Å². The van der Waals surface area contributed by atoms with Gasteiger partial charge in [-0.25, -0.2) is 0 Å². The number of allylic oxidation sites excluding steroid dienone is 3. The Morgan fingerprint density at radius 2 is 1.33 bits per heavy atom. The van der Waals surface area contributed by atoms with Gasteiger partial charge in [0.1, 0.15) is 0 Å². The van der Waals surface area contributed by atoms with Crippen molar-refractivity contribution in [2.24, 2.45) is 0 Å². The summed E-state index contributed by atoms with van der Waals surface area (Å²) in [5, 5.41) is 2.90. The predicted molar refractivity (Wildman–Crippen MR) is 200 cm³/mol. The summed E-state index contributed by atoms with van der Waals surface area (Å²) in [6, 6.07) is 2.52. The molecule has 0 aliphatic heterocycles. The summed E-state index contributed by atoms with van der Waals surface area (Å²) >= 11 is 5.98. The van der Waals surface area contributed by atoms with Crippen LogP contribution in [0.1, 0.15) is 158 Å². The molecule has 0 fully saturated rings. The Bertz CT molecular complexity index is 1430. The molecular formula is C40H58S3. The molecule has 2 aromatic heterocycles. The summed E-state index contributed by atoms with van der Waals surface area (Å²) in [7, 11) is 0. The van der Waals surface area contributed by atoms with Gasteiger partial charge in [-0.2, -0.15) is 0 Å². The zero-order chi connectivity index (χ0) is 30.3. The molecule has 0 unspecified atom stereocenters. The van der Waals surface area contributed by atoms with Gasteiger partial charge in [0.05, 0.1) is 0 Å². The van der Waals surface area contributed by atoms with E-state index in [1.165, 1.54) is 161 Å². The highest BCUT2D eigenvalue weighted by Crippen LogP contribution is 2.34. The van der Waals surface area contributed by atoms with Crippen LogP contribution in [0.15, 0.2) is 28.0 Å². The van der Waals surface area contributed by atoms with E-state index in [0.717, 1.165) is 19.3 Å². The minimum Gasteiger partial charge on any atom is -0.141 e. The Morgan fingerprint density at radius 3 is 2.00 bits per heavy atom. The number of thioether (sulfide) groups is 1. The maximum atomic E-state index is 4.40. The second kappa shape index (κ2) is 19.3. The maximum absolute atomic E-state index is 4.40. The van der Waals surface area contributed by atoms with Crippen LogP contribution in [0.3, 0.4) is 0 Å². The molecule has 0 bridgehead atoms. The average molecular weight is 635 g/mol. The molecule has 236 valence electrons. The van der Waals surface area contributed by atoms with E-state index < -0.39 is 0 Å². The van der Waals surface area contributed by atoms with Gasteiger partial charge < -0.3 is 0 Å². The van der Waals surface area contributed by atoms with Crippen LogP contribution >= 0.6 is 34.4 Å². The summed E-state index contributed by atoms with van der Waals surface area (Å²) in [6.07, 6.45) is 38.2. The molecule has 0 radical (unpaired) electrons. The van der Waals surface area contributed by atoms with Crippen molar-refractivity contribution in [2.45, 2.75) is 156 Å². The van der Waals surface area contributed by atoms with Crippen LogP contribution in [0.2, 0.25) is 0 Å². The van der Waals surface area contributed by atoms with Gasteiger partial charge in [-0.15, -0.1) is 22.7 Å². The zero-order valence-electron chi connectivity index (χ0n) is 27.7. The maximum Gasteiger partial charge on any atom is 0.0366 e. The van der Waals surface area contributed by atoms with Crippen molar-refractivity contribution < 1.29 is 0 Å². The molecule has 0 atom stereocenters. The molecule has 3 heteroatoms. The van der Waals surface area contributed by atoms with E-state index in [1.807, 2.05) is 23.1 Å². The Labute approximate surface area is 275 Å². The van der Waals surface area contributed by atoms with Crippen LogP contribution < -0.4 is 19.5 Å². The minimum absolute atomic E-state index is 1.03. The lowest BCUT2D eigenvalue weighted by atomic mass is 10.0. The Kier molecular flexibility index (Phi) is 15.5. The number of aryl methyl sites for hydroxylation is 1. The van der Waals surface area contributed by atoms with Crippen LogP contribution in [0, 0.1) is 0 Å². The third-order valence-electron chi connectivity index (χ3n) is 9.10. The summed E-state index contributed by atoms with van der Waals surface area (Å²) in [5.74, 6) is 0. The third kappa shape index (κ3) is 11.2. The molecule has 43 heavy (non-hydrogen) atoms. The van der Waals surface area contributed by atoms with Gasteiger partial charge in [0, 0.05) is 18.8 Å². The second-order valence-electron chi connectivity index (χ2n) is 12.9. The largest absolute Gasteiger partial charge is 0.141 e. The van der Waals surface area contributed by atoms with E-state index >= 15 is 0 Å². The van der Waals surface area contributed by atoms with Crippen LogP contribution in [-0.2, 0) is 12.8 Å². The highest BCUT2D eigenvalue weighted by molar-refractivity contribution is 8.06. The molecule has 2 heterocycles. The molecule has 2 aliphatic rings. The van der Waals surface area contributed by atoms with E-state index in [9.17, 15) is 0 Å². The number of thiophene rings is 2. The van der Waals surface area contributed by atoms with Gasteiger partial charge in [0.2, 0.25) is 0 Å². The third-order valence-corrected chi connectivity index (χ3v) is 12.7. The zero-order valence-corrected chi connectivity index (χ0v) is 30.1. The van der Waals surface area contributed by atoms with Crippen molar-refractivity contribution in [3.8, 4) is 0 Å². The molecule has 0 aromatic carbocycles. The number of unbranched alkanes of at least 4 members (excludes halogenated alkanes) is 15. The fourth-order valence-corrected chi connectivity index (χ4v) is 9.81. The van der Waals surface area contributed by atoms with Gasteiger partial charge in [0.15, 0.2) is 0 Å². The first kappa shape index (κ1) is 34.6. The first-order chi connectivity index (χ1) is 21.1. The minimum atomic E-state index is 1.03. The number of hydrogen-bond acceptors (Lipinski definition) is 3. The van der Waals surface area contributed by atoms with Crippen LogP contribution in [0.25, 0.3) is 24.3 Å². The standard InChI is InChI=1S/C40H58S3/c1-5-7-9-11-12-13-14-15-16-17-18-19-21-23-34-29-33-24-25-35-36-28-31(3)37(41-32(4)22-20-10-8-6-2)26-27-38(36)43-40(35)30-39(33)42-34/h25,27-30H,4-24,26H2,1-3H3. The van der Waals surface area contributed by atoms with E-state index in [4.69, 9.17) is 0 Å². The molecular weight excluding hydrogens is 577 g/mol. The highest BCUT2D eigenvalue weighted by Gasteiger charge is 2.13. The van der Waals surface area contributed by atoms with E-state index in [2.05, 4.69) is 69.1 Å². The quantitative estimate of drug-likeness (QED) is 0.123. The van der Waals surface area contributed by atoms with E-state index in [1.54, 1.807) is 4.88 Å². The molecule has 0 saturated carbocycles. The second-order valence-corrected chi connectivity index (χ2v) is 16.4. The van der Waals surface area contributed by atoms with Crippen LogP contribution in [0.5, 0.6) is 0 Å². The SMILES string of the molecule is C=C(CCCCCC)SC1=C(C)C=c2c(sc3c2=CCc2cc(CCCCCCCCCCCCCCC)sc2C=3)=CC1. The highest BCUT2D eigenvalue weighted by atomic mass is 32.2. The number of rotatable bonds is 21. The first-order valence-corrected chi connectivity index (χ1v) is 20.2. The lowest BCUT2D eigenvalue weighted by molar-refractivity contribution is 0.539. The Balaban J connectivity index is 1.25. The van der Waals surface area contributed by atoms with Crippen molar-refractivity contribution in [3.05, 3.63) is 62.8 Å². The van der Waals surface area contributed by atoms with Crippen LogP contribution in [-0.4, -0.2) is 0 Å².